The number of carbonyl (C=O) groups is 1. The number of rotatable bonds is 9. The van der Waals surface area contributed by atoms with Gasteiger partial charge >= 0.3 is 0 Å². The maximum absolute atomic E-state index is 12.4. The Morgan fingerprint density at radius 3 is 2.73 bits per heavy atom. The van der Waals surface area contributed by atoms with E-state index in [0.29, 0.717) is 29.6 Å². The van der Waals surface area contributed by atoms with E-state index in [0.717, 1.165) is 17.7 Å². The number of aromatic nitrogens is 2. The van der Waals surface area contributed by atoms with Crippen molar-refractivity contribution in [2.24, 2.45) is 11.0 Å². The molecule has 156 valence electrons. The maximum Gasteiger partial charge on any atom is 0.271 e. The van der Waals surface area contributed by atoms with E-state index in [1.165, 1.54) is 0 Å². The Morgan fingerprint density at radius 2 is 2.00 bits per heavy atom. The molecule has 0 saturated heterocycles. The predicted molar refractivity (Wildman–Crippen MR) is 117 cm³/mol. The molecule has 2 aromatic carbocycles. The third-order valence-electron chi connectivity index (χ3n) is 4.38. The molecule has 7 nitrogen and oxygen atoms in total. The summed E-state index contributed by atoms with van der Waals surface area (Å²) >= 11 is 0. The van der Waals surface area contributed by atoms with Crippen LogP contribution < -0.4 is 14.9 Å². The highest BCUT2D eigenvalue weighted by Crippen LogP contribution is 2.28. The molecule has 0 aliphatic rings. The molecule has 3 aromatic rings. The standard InChI is InChI=1S/C23H26N4O3/c1-17(2)11-12-30-21-10-9-19(13-22(21)29-3)23(28)26-24-14-18-15-25-27(16-18)20-7-5-4-6-8-20/h4-10,13-17H,11-12H2,1-3H3,(H,26,28)/b24-14-. The summed E-state index contributed by atoms with van der Waals surface area (Å²) in [6, 6.07) is 14.8. The number of benzene rings is 2. The molecular weight excluding hydrogens is 380 g/mol. The van der Waals surface area contributed by atoms with E-state index in [1.807, 2.05) is 36.5 Å². The van der Waals surface area contributed by atoms with Gasteiger partial charge in [-0.15, -0.1) is 0 Å². The average Bonchev–Trinajstić information content (AvgIpc) is 3.23. The van der Waals surface area contributed by atoms with Crippen molar-refractivity contribution >= 4 is 12.1 Å². The molecule has 1 N–H and O–H groups in total. The predicted octanol–water partition coefficient (Wildman–Crippen LogP) is 4.07. The lowest BCUT2D eigenvalue weighted by molar-refractivity contribution is 0.0954. The van der Waals surface area contributed by atoms with E-state index in [2.05, 4.69) is 29.5 Å². The highest BCUT2D eigenvalue weighted by molar-refractivity contribution is 5.95. The van der Waals surface area contributed by atoms with Gasteiger partial charge in [-0.25, -0.2) is 10.1 Å². The molecule has 1 amide bonds. The number of nitrogens with one attached hydrogen (secondary N) is 1. The Balaban J connectivity index is 1.60. The molecule has 0 fully saturated rings. The van der Waals surface area contributed by atoms with Crippen molar-refractivity contribution in [1.82, 2.24) is 15.2 Å². The fourth-order valence-electron chi connectivity index (χ4n) is 2.69. The van der Waals surface area contributed by atoms with E-state index in [9.17, 15) is 4.79 Å². The molecular formula is C23H26N4O3. The number of amides is 1. The van der Waals surface area contributed by atoms with Crippen LogP contribution in [0.25, 0.3) is 5.69 Å². The zero-order valence-electron chi connectivity index (χ0n) is 17.4. The molecule has 3 rings (SSSR count). The van der Waals surface area contributed by atoms with E-state index >= 15 is 0 Å². The van der Waals surface area contributed by atoms with Crippen molar-refractivity contribution in [3.63, 3.8) is 0 Å². The van der Waals surface area contributed by atoms with Crippen LogP contribution in [0.1, 0.15) is 36.2 Å². The summed E-state index contributed by atoms with van der Waals surface area (Å²) in [5.74, 6) is 1.35. The summed E-state index contributed by atoms with van der Waals surface area (Å²) < 4.78 is 12.9. The zero-order valence-corrected chi connectivity index (χ0v) is 17.4. The van der Waals surface area contributed by atoms with Gasteiger partial charge in [0.1, 0.15) is 0 Å². The first kappa shape index (κ1) is 21.1. The summed E-state index contributed by atoms with van der Waals surface area (Å²) in [4.78, 5) is 12.4. The number of hydrogen-bond donors (Lipinski definition) is 1. The van der Waals surface area contributed by atoms with Crippen LogP contribution in [0.3, 0.4) is 0 Å². The van der Waals surface area contributed by atoms with Crippen LogP contribution in [0.4, 0.5) is 0 Å². The highest BCUT2D eigenvalue weighted by atomic mass is 16.5. The molecule has 1 heterocycles. The first-order chi connectivity index (χ1) is 14.6. The third-order valence-corrected chi connectivity index (χ3v) is 4.38. The van der Waals surface area contributed by atoms with Crippen LogP contribution in [0, 0.1) is 5.92 Å². The number of ether oxygens (including phenoxy) is 2. The smallest absolute Gasteiger partial charge is 0.271 e. The van der Waals surface area contributed by atoms with Crippen LogP contribution in [0.2, 0.25) is 0 Å². The molecule has 0 aliphatic heterocycles. The Kier molecular flexibility index (Phi) is 7.21. The highest BCUT2D eigenvalue weighted by Gasteiger charge is 2.11. The van der Waals surface area contributed by atoms with Crippen LogP contribution in [-0.2, 0) is 0 Å². The SMILES string of the molecule is COc1cc(C(=O)N/N=C\c2cnn(-c3ccccc3)c2)ccc1OCCC(C)C. The monoisotopic (exact) mass is 406 g/mol. The van der Waals surface area contributed by atoms with Crippen LogP contribution in [-0.4, -0.2) is 35.6 Å². The first-order valence-corrected chi connectivity index (χ1v) is 9.81. The summed E-state index contributed by atoms with van der Waals surface area (Å²) in [5.41, 5.74) is 4.67. The number of methoxy groups -OCH3 is 1. The topological polar surface area (TPSA) is 77.7 Å². The lowest BCUT2D eigenvalue weighted by Gasteiger charge is -2.12. The van der Waals surface area contributed by atoms with Gasteiger partial charge in [-0.05, 0) is 42.7 Å². The molecule has 1 aromatic heterocycles. The number of hydrazone groups is 1. The Bertz CT molecular complexity index is 997. The van der Waals surface area contributed by atoms with Crippen molar-refractivity contribution in [3.8, 4) is 17.2 Å². The molecule has 0 unspecified atom stereocenters. The molecule has 0 spiro atoms. The Morgan fingerprint density at radius 1 is 1.20 bits per heavy atom. The Labute approximate surface area is 176 Å². The van der Waals surface area contributed by atoms with E-state index in [-0.39, 0.29) is 5.91 Å². The number of para-hydroxylation sites is 1. The van der Waals surface area contributed by atoms with Crippen LogP contribution >= 0.6 is 0 Å². The van der Waals surface area contributed by atoms with Crippen molar-refractivity contribution in [1.29, 1.82) is 0 Å². The molecule has 0 saturated carbocycles. The van der Waals surface area contributed by atoms with Gasteiger partial charge in [0.15, 0.2) is 11.5 Å². The van der Waals surface area contributed by atoms with E-state index in [1.54, 1.807) is 42.4 Å². The normalized spacial score (nSPS) is 11.1. The minimum absolute atomic E-state index is 0.339. The minimum atomic E-state index is -0.339. The van der Waals surface area contributed by atoms with Gasteiger partial charge in [-0.3, -0.25) is 4.79 Å². The molecule has 7 heteroatoms. The van der Waals surface area contributed by atoms with Gasteiger partial charge in [0.2, 0.25) is 0 Å². The second-order valence-electron chi connectivity index (χ2n) is 7.15. The summed E-state index contributed by atoms with van der Waals surface area (Å²) in [6.45, 7) is 4.88. The van der Waals surface area contributed by atoms with Crippen molar-refractivity contribution in [2.45, 2.75) is 20.3 Å². The fraction of sp³-hybridized carbons (Fsp3) is 0.261. The number of carbonyl (C=O) groups excluding carboxylic acids is 1. The third kappa shape index (κ3) is 5.70. The van der Waals surface area contributed by atoms with E-state index in [4.69, 9.17) is 9.47 Å². The van der Waals surface area contributed by atoms with Gasteiger partial charge in [-0.2, -0.15) is 10.2 Å². The molecule has 30 heavy (non-hydrogen) atoms. The summed E-state index contributed by atoms with van der Waals surface area (Å²) in [6.07, 6.45) is 6.00. The van der Waals surface area contributed by atoms with Gasteiger partial charge < -0.3 is 9.47 Å². The van der Waals surface area contributed by atoms with Crippen LogP contribution in [0.5, 0.6) is 11.5 Å². The summed E-state index contributed by atoms with van der Waals surface area (Å²) in [7, 11) is 1.55. The van der Waals surface area contributed by atoms with E-state index < -0.39 is 0 Å². The molecule has 0 aliphatic carbocycles. The quantitative estimate of drug-likeness (QED) is 0.429. The Hall–Kier alpha value is -3.61. The minimum Gasteiger partial charge on any atom is -0.493 e. The lowest BCUT2D eigenvalue weighted by Crippen LogP contribution is -2.17. The van der Waals surface area contributed by atoms with Gasteiger partial charge in [0.05, 0.1) is 31.8 Å². The van der Waals surface area contributed by atoms with Crippen molar-refractivity contribution in [3.05, 3.63) is 72.1 Å². The largest absolute Gasteiger partial charge is 0.493 e. The lowest BCUT2D eigenvalue weighted by atomic mass is 10.1. The van der Waals surface area contributed by atoms with Crippen LogP contribution in [0.15, 0.2) is 66.0 Å². The van der Waals surface area contributed by atoms with Crippen molar-refractivity contribution < 1.29 is 14.3 Å². The van der Waals surface area contributed by atoms with Gasteiger partial charge in [0.25, 0.3) is 5.91 Å². The fourth-order valence-corrected chi connectivity index (χ4v) is 2.69. The zero-order chi connectivity index (χ0) is 21.3. The number of nitrogens with zero attached hydrogens (tertiary/aromatic N) is 3. The molecule has 0 radical (unpaired) electrons. The maximum atomic E-state index is 12.4. The first-order valence-electron chi connectivity index (χ1n) is 9.81. The molecule has 0 atom stereocenters. The average molecular weight is 406 g/mol. The van der Waals surface area contributed by atoms with Gasteiger partial charge in [0, 0.05) is 17.3 Å². The van der Waals surface area contributed by atoms with Gasteiger partial charge in [-0.1, -0.05) is 32.0 Å². The summed E-state index contributed by atoms with van der Waals surface area (Å²) in [5, 5.41) is 8.31. The second-order valence-corrected chi connectivity index (χ2v) is 7.15. The second kappa shape index (κ2) is 10.2. The van der Waals surface area contributed by atoms with Crippen molar-refractivity contribution in [2.75, 3.05) is 13.7 Å². The number of hydrogen-bond acceptors (Lipinski definition) is 5. The molecule has 0 bridgehead atoms.